The van der Waals surface area contributed by atoms with Gasteiger partial charge in [-0.05, 0) is 37.1 Å². The third kappa shape index (κ3) is 3.54. The summed E-state index contributed by atoms with van der Waals surface area (Å²) in [6, 6.07) is 7.37. The topological polar surface area (TPSA) is 86.4 Å². The number of rotatable bonds is 4. The third-order valence-electron chi connectivity index (χ3n) is 8.13. The summed E-state index contributed by atoms with van der Waals surface area (Å²) in [6.45, 7) is 4.29. The number of carbonyl (C=O) groups is 1. The second kappa shape index (κ2) is 8.58. The standard InChI is InChI=1S/C26H27FN6O2S/c27-17-1-2-18-16(3-6-29-18)23(17)20-13-33(9-10-35-20)24(21-11-19-22(36-21)12-28-15-31-19)32-7-4-26(5-8-32)14-30-25(26)34/h1-3,6,11-12,15,20,24,29H,4-5,7-10,13-14H2,(H,30,34). The minimum absolute atomic E-state index is 0.00424. The van der Waals surface area contributed by atoms with Gasteiger partial charge in [0.1, 0.15) is 12.1 Å². The minimum Gasteiger partial charge on any atom is -0.371 e. The number of nitrogens with zero attached hydrogens (tertiary/aromatic N) is 4. The van der Waals surface area contributed by atoms with Crippen molar-refractivity contribution in [3.63, 3.8) is 0 Å². The number of H-pyrrole nitrogens is 1. The predicted octanol–water partition coefficient (Wildman–Crippen LogP) is 3.60. The summed E-state index contributed by atoms with van der Waals surface area (Å²) in [5, 5.41) is 3.80. The maximum absolute atomic E-state index is 15.1. The van der Waals surface area contributed by atoms with Crippen molar-refractivity contribution in [2.45, 2.75) is 25.1 Å². The van der Waals surface area contributed by atoms with Crippen molar-refractivity contribution in [2.75, 3.05) is 39.3 Å². The highest BCUT2D eigenvalue weighted by molar-refractivity contribution is 7.19. The highest BCUT2D eigenvalue weighted by atomic mass is 32.1. The molecule has 3 fully saturated rings. The zero-order chi connectivity index (χ0) is 24.3. The molecule has 1 spiro atoms. The molecule has 3 aliphatic rings. The number of halogens is 1. The maximum Gasteiger partial charge on any atom is 0.228 e. The third-order valence-corrected chi connectivity index (χ3v) is 9.23. The van der Waals surface area contributed by atoms with E-state index in [1.54, 1.807) is 23.7 Å². The molecule has 4 aromatic rings. The van der Waals surface area contributed by atoms with Gasteiger partial charge in [0.2, 0.25) is 5.91 Å². The Labute approximate surface area is 211 Å². The second-order valence-electron chi connectivity index (χ2n) is 10.0. The molecular weight excluding hydrogens is 479 g/mol. The van der Waals surface area contributed by atoms with Gasteiger partial charge >= 0.3 is 0 Å². The summed E-state index contributed by atoms with van der Waals surface area (Å²) in [7, 11) is 0. The van der Waals surface area contributed by atoms with E-state index < -0.39 is 0 Å². The van der Waals surface area contributed by atoms with E-state index in [1.165, 1.54) is 10.9 Å². The van der Waals surface area contributed by atoms with Crippen molar-refractivity contribution >= 4 is 38.4 Å². The number of likely N-dealkylation sites (tertiary alicyclic amines) is 1. The molecule has 36 heavy (non-hydrogen) atoms. The molecule has 0 bridgehead atoms. The number of fused-ring (bicyclic) bond motifs is 2. The van der Waals surface area contributed by atoms with E-state index in [4.69, 9.17) is 4.74 Å². The average molecular weight is 507 g/mol. The first-order valence-electron chi connectivity index (χ1n) is 12.4. The van der Waals surface area contributed by atoms with E-state index in [2.05, 4.69) is 36.1 Å². The van der Waals surface area contributed by atoms with Gasteiger partial charge in [-0.15, -0.1) is 11.3 Å². The lowest BCUT2D eigenvalue weighted by Gasteiger charge is -2.50. The van der Waals surface area contributed by atoms with Gasteiger partial charge in [-0.3, -0.25) is 14.6 Å². The van der Waals surface area contributed by atoms with Crippen LogP contribution in [0.2, 0.25) is 0 Å². The fourth-order valence-corrected chi connectivity index (χ4v) is 7.21. The first-order valence-corrected chi connectivity index (χ1v) is 13.3. The Kier molecular flexibility index (Phi) is 5.32. The summed E-state index contributed by atoms with van der Waals surface area (Å²) in [6.07, 6.45) is 6.62. The van der Waals surface area contributed by atoms with Gasteiger partial charge in [0.15, 0.2) is 0 Å². The Morgan fingerprint density at radius 3 is 2.86 bits per heavy atom. The van der Waals surface area contributed by atoms with Crippen LogP contribution in [0.5, 0.6) is 0 Å². The molecule has 2 unspecified atom stereocenters. The quantitative estimate of drug-likeness (QED) is 0.412. The number of aromatic nitrogens is 3. The van der Waals surface area contributed by atoms with E-state index in [0.717, 1.165) is 60.1 Å². The van der Waals surface area contributed by atoms with Gasteiger partial charge in [0.05, 0.1) is 34.5 Å². The van der Waals surface area contributed by atoms with Crippen molar-refractivity contribution < 1.29 is 13.9 Å². The number of carbonyl (C=O) groups excluding carboxylic acids is 1. The number of aromatic amines is 1. The van der Waals surface area contributed by atoms with Gasteiger partial charge in [0.25, 0.3) is 0 Å². The fraction of sp³-hybridized carbons (Fsp3) is 0.423. The Balaban J connectivity index is 1.23. The van der Waals surface area contributed by atoms with Crippen LogP contribution in [0, 0.1) is 11.2 Å². The summed E-state index contributed by atoms with van der Waals surface area (Å²) in [4.78, 5) is 30.2. The molecule has 0 aliphatic carbocycles. The highest BCUT2D eigenvalue weighted by Gasteiger charge is 2.49. The molecule has 3 saturated heterocycles. The molecule has 3 aromatic heterocycles. The molecule has 3 aliphatic heterocycles. The van der Waals surface area contributed by atoms with Gasteiger partial charge in [-0.25, -0.2) is 14.4 Å². The normalized spacial score (nSPS) is 23.7. The maximum atomic E-state index is 15.1. The highest BCUT2D eigenvalue weighted by Crippen LogP contribution is 2.43. The number of piperidine rings is 1. The number of ether oxygens (including phenoxy) is 1. The Morgan fingerprint density at radius 2 is 2.08 bits per heavy atom. The van der Waals surface area contributed by atoms with Crippen molar-refractivity contribution in [1.82, 2.24) is 30.1 Å². The number of amides is 1. The predicted molar refractivity (Wildman–Crippen MR) is 135 cm³/mol. The molecule has 10 heteroatoms. The van der Waals surface area contributed by atoms with Crippen molar-refractivity contribution in [2.24, 2.45) is 5.41 Å². The monoisotopic (exact) mass is 506 g/mol. The second-order valence-corrected chi connectivity index (χ2v) is 11.2. The molecule has 0 radical (unpaired) electrons. The largest absolute Gasteiger partial charge is 0.371 e. The van der Waals surface area contributed by atoms with Crippen molar-refractivity contribution in [1.29, 1.82) is 0 Å². The molecule has 7 rings (SSSR count). The molecule has 2 atom stereocenters. The van der Waals surface area contributed by atoms with Crippen LogP contribution in [0.15, 0.2) is 43.0 Å². The SMILES string of the molecule is O=C1NCC12CCN(C(c1cc3ncncc3s1)N1CCOC(c3c(F)ccc4[nH]ccc34)C1)CC2. The van der Waals surface area contributed by atoms with Crippen molar-refractivity contribution in [3.05, 3.63) is 59.2 Å². The molecule has 1 aromatic carbocycles. The van der Waals surface area contributed by atoms with Crippen LogP contribution >= 0.6 is 11.3 Å². The lowest BCUT2D eigenvalue weighted by Crippen LogP contribution is -2.63. The molecule has 0 saturated carbocycles. The van der Waals surface area contributed by atoms with Crippen LogP contribution in [0.4, 0.5) is 4.39 Å². The van der Waals surface area contributed by atoms with Crippen LogP contribution < -0.4 is 5.32 Å². The molecule has 8 nitrogen and oxygen atoms in total. The molecule has 2 N–H and O–H groups in total. The Hall–Kier alpha value is -2.92. The van der Waals surface area contributed by atoms with Crippen molar-refractivity contribution in [3.8, 4) is 0 Å². The van der Waals surface area contributed by atoms with Gasteiger partial charge < -0.3 is 15.0 Å². The smallest absolute Gasteiger partial charge is 0.228 e. The first-order chi connectivity index (χ1) is 17.6. The average Bonchev–Trinajstić information content (AvgIpc) is 3.55. The van der Waals surface area contributed by atoms with E-state index in [9.17, 15) is 4.79 Å². The number of hydrogen-bond donors (Lipinski definition) is 2. The zero-order valence-corrected chi connectivity index (χ0v) is 20.6. The number of thiophene rings is 1. The van der Waals surface area contributed by atoms with E-state index >= 15 is 4.39 Å². The van der Waals surface area contributed by atoms with E-state index in [1.807, 2.05) is 18.5 Å². The molecule has 186 valence electrons. The zero-order valence-electron chi connectivity index (χ0n) is 19.7. The first kappa shape index (κ1) is 22.3. The number of morpholine rings is 1. The Bertz CT molecular complexity index is 1410. The van der Waals surface area contributed by atoms with E-state index in [-0.39, 0.29) is 29.4 Å². The number of benzene rings is 1. The summed E-state index contributed by atoms with van der Waals surface area (Å²) in [5.74, 6) is -0.0455. The number of hydrogen-bond acceptors (Lipinski definition) is 7. The van der Waals surface area contributed by atoms with Gasteiger partial charge in [0, 0.05) is 66.5 Å². The molecule has 6 heterocycles. The minimum atomic E-state index is -0.372. The molecule has 1 amide bonds. The van der Waals surface area contributed by atoms with Crippen LogP contribution in [-0.2, 0) is 9.53 Å². The van der Waals surface area contributed by atoms with Crippen LogP contribution in [-0.4, -0.2) is 70.0 Å². The lowest BCUT2D eigenvalue weighted by atomic mass is 9.72. The summed E-state index contributed by atoms with van der Waals surface area (Å²) < 4.78 is 22.3. The summed E-state index contributed by atoms with van der Waals surface area (Å²) in [5.41, 5.74) is 2.26. The van der Waals surface area contributed by atoms with Crippen LogP contribution in [0.3, 0.4) is 0 Å². The van der Waals surface area contributed by atoms with Crippen LogP contribution in [0.25, 0.3) is 21.1 Å². The van der Waals surface area contributed by atoms with Gasteiger partial charge in [-0.1, -0.05) is 0 Å². The number of nitrogens with one attached hydrogen (secondary N) is 2. The number of β-lactam (4-membered cyclic amide) rings is 1. The summed E-state index contributed by atoms with van der Waals surface area (Å²) >= 11 is 1.71. The molecular formula is C26H27FN6O2S. The van der Waals surface area contributed by atoms with E-state index in [0.29, 0.717) is 18.7 Å². The van der Waals surface area contributed by atoms with Crippen LogP contribution in [0.1, 0.15) is 35.6 Å². The lowest BCUT2D eigenvalue weighted by molar-refractivity contribution is -0.146. The Morgan fingerprint density at radius 1 is 1.19 bits per heavy atom. The van der Waals surface area contributed by atoms with Gasteiger partial charge in [-0.2, -0.15) is 0 Å². The fourth-order valence-electron chi connectivity index (χ4n) is 6.06.